The Morgan fingerprint density at radius 2 is 2.18 bits per heavy atom. The molecule has 0 radical (unpaired) electrons. The Hall–Kier alpha value is -1.40. The van der Waals surface area contributed by atoms with Crippen LogP contribution in [0.5, 0.6) is 0 Å². The van der Waals surface area contributed by atoms with Crippen molar-refractivity contribution >= 4 is 33.4 Å². The van der Waals surface area contributed by atoms with E-state index in [-0.39, 0.29) is 11.8 Å². The highest BCUT2D eigenvalue weighted by molar-refractivity contribution is 9.10. The van der Waals surface area contributed by atoms with Gasteiger partial charge in [0.2, 0.25) is 11.8 Å². The Morgan fingerprint density at radius 3 is 2.86 bits per heavy atom. The Labute approximate surface area is 139 Å². The lowest BCUT2D eigenvalue weighted by Crippen LogP contribution is -2.38. The first-order valence-corrected chi connectivity index (χ1v) is 8.15. The van der Waals surface area contributed by atoms with E-state index in [0.717, 1.165) is 16.6 Å². The summed E-state index contributed by atoms with van der Waals surface area (Å²) < 4.78 is 5.85. The van der Waals surface area contributed by atoms with Gasteiger partial charge in [-0.25, -0.2) is 0 Å². The molecule has 1 unspecified atom stereocenters. The van der Waals surface area contributed by atoms with Gasteiger partial charge in [0.15, 0.2) is 0 Å². The van der Waals surface area contributed by atoms with Gasteiger partial charge >= 0.3 is 0 Å². The van der Waals surface area contributed by atoms with Gasteiger partial charge in [0, 0.05) is 38.3 Å². The van der Waals surface area contributed by atoms with E-state index in [1.165, 1.54) is 0 Å². The fourth-order valence-electron chi connectivity index (χ4n) is 2.64. The summed E-state index contributed by atoms with van der Waals surface area (Å²) in [6, 6.07) is 7.57. The summed E-state index contributed by atoms with van der Waals surface area (Å²) in [5.41, 5.74) is 0.824. The summed E-state index contributed by atoms with van der Waals surface area (Å²) in [7, 11) is 3.38. The van der Waals surface area contributed by atoms with Crippen LogP contribution in [0.3, 0.4) is 0 Å². The number of anilines is 1. The lowest BCUT2D eigenvalue weighted by Gasteiger charge is -2.21. The van der Waals surface area contributed by atoms with Crippen molar-refractivity contribution in [3.05, 3.63) is 28.7 Å². The molecule has 22 heavy (non-hydrogen) atoms. The van der Waals surface area contributed by atoms with Crippen molar-refractivity contribution < 1.29 is 14.3 Å². The molecule has 0 bridgehead atoms. The summed E-state index contributed by atoms with van der Waals surface area (Å²) in [6.45, 7) is 1.79. The molecule has 2 rings (SSSR count). The van der Waals surface area contributed by atoms with Crippen LogP contribution in [0, 0.1) is 5.92 Å². The number of amides is 2. The number of hydrogen-bond acceptors (Lipinski definition) is 3. The summed E-state index contributed by atoms with van der Waals surface area (Å²) in [5, 5.41) is 0. The van der Waals surface area contributed by atoms with Crippen molar-refractivity contribution in [2.75, 3.05) is 38.8 Å². The predicted octanol–water partition coefficient (Wildman–Crippen LogP) is 2.30. The van der Waals surface area contributed by atoms with E-state index in [1.807, 2.05) is 24.3 Å². The monoisotopic (exact) mass is 368 g/mol. The maximum atomic E-state index is 12.6. The quantitative estimate of drug-likeness (QED) is 0.571. The Morgan fingerprint density at radius 1 is 1.45 bits per heavy atom. The van der Waals surface area contributed by atoms with Crippen LogP contribution in [-0.2, 0) is 14.3 Å². The van der Waals surface area contributed by atoms with Crippen molar-refractivity contribution in [3.8, 4) is 0 Å². The number of methoxy groups -OCH3 is 1. The fourth-order valence-corrected chi connectivity index (χ4v) is 3.14. The number of para-hydroxylation sites is 1. The molecule has 1 aromatic rings. The van der Waals surface area contributed by atoms with Crippen molar-refractivity contribution in [2.45, 2.75) is 12.8 Å². The van der Waals surface area contributed by atoms with Gasteiger partial charge in [-0.1, -0.05) is 12.1 Å². The fraction of sp³-hybridized carbons (Fsp3) is 0.500. The molecule has 0 spiro atoms. The standard InChI is InChI=1S/C16H21BrN2O3/c1-18(9-5-11-22-2)15(20)12-8-10-19(16(12)21)14-7-4-3-6-13(14)17/h3-4,6-7,12H,5,8-11H2,1-2H3. The molecule has 1 aliphatic heterocycles. The largest absolute Gasteiger partial charge is 0.385 e. The smallest absolute Gasteiger partial charge is 0.239 e. The minimum absolute atomic E-state index is 0.101. The molecule has 5 nitrogen and oxygen atoms in total. The topological polar surface area (TPSA) is 49.9 Å². The molecule has 0 aliphatic carbocycles. The average Bonchev–Trinajstić information content (AvgIpc) is 2.88. The number of carbonyl (C=O) groups excluding carboxylic acids is 2. The van der Waals surface area contributed by atoms with Gasteiger partial charge < -0.3 is 14.5 Å². The maximum absolute atomic E-state index is 12.6. The van der Waals surface area contributed by atoms with Gasteiger partial charge in [-0.3, -0.25) is 9.59 Å². The van der Waals surface area contributed by atoms with E-state index in [0.29, 0.717) is 26.1 Å². The Kier molecular flexibility index (Phi) is 5.97. The number of nitrogens with zero attached hydrogens (tertiary/aromatic N) is 2. The van der Waals surface area contributed by atoms with Crippen LogP contribution in [0.25, 0.3) is 0 Å². The number of rotatable bonds is 6. The molecule has 1 aromatic carbocycles. The molecule has 0 N–H and O–H groups in total. The molecular weight excluding hydrogens is 348 g/mol. The van der Waals surface area contributed by atoms with Gasteiger partial charge in [-0.15, -0.1) is 0 Å². The first kappa shape index (κ1) is 17.0. The van der Waals surface area contributed by atoms with E-state index in [1.54, 1.807) is 24.0 Å². The van der Waals surface area contributed by atoms with Crippen LogP contribution in [0.15, 0.2) is 28.7 Å². The molecule has 0 saturated carbocycles. The van der Waals surface area contributed by atoms with Crippen molar-refractivity contribution in [3.63, 3.8) is 0 Å². The number of halogens is 1. The second kappa shape index (κ2) is 7.74. The molecule has 1 aliphatic rings. The van der Waals surface area contributed by atoms with Gasteiger partial charge in [0.05, 0.1) is 5.69 Å². The van der Waals surface area contributed by atoms with Crippen molar-refractivity contribution in [1.29, 1.82) is 0 Å². The van der Waals surface area contributed by atoms with E-state index >= 15 is 0 Å². The zero-order valence-electron chi connectivity index (χ0n) is 12.9. The average molecular weight is 369 g/mol. The first-order valence-electron chi connectivity index (χ1n) is 7.36. The van der Waals surface area contributed by atoms with Gasteiger partial charge in [0.25, 0.3) is 0 Å². The van der Waals surface area contributed by atoms with Crippen LogP contribution < -0.4 is 4.90 Å². The molecule has 1 heterocycles. The Bertz CT molecular complexity index is 550. The highest BCUT2D eigenvalue weighted by Gasteiger charge is 2.39. The van der Waals surface area contributed by atoms with E-state index in [4.69, 9.17) is 4.74 Å². The van der Waals surface area contributed by atoms with Crippen molar-refractivity contribution in [1.82, 2.24) is 4.90 Å². The van der Waals surface area contributed by atoms with Gasteiger partial charge in [-0.2, -0.15) is 0 Å². The highest BCUT2D eigenvalue weighted by atomic mass is 79.9. The number of carbonyl (C=O) groups is 2. The lowest BCUT2D eigenvalue weighted by atomic mass is 10.1. The van der Waals surface area contributed by atoms with E-state index in [2.05, 4.69) is 15.9 Å². The molecular formula is C16H21BrN2O3. The van der Waals surface area contributed by atoms with Crippen LogP contribution in [0.2, 0.25) is 0 Å². The number of hydrogen-bond donors (Lipinski definition) is 0. The summed E-state index contributed by atoms with van der Waals surface area (Å²) in [5.74, 6) is -0.786. The molecule has 1 atom stereocenters. The lowest BCUT2D eigenvalue weighted by molar-refractivity contribution is -0.138. The number of benzene rings is 1. The maximum Gasteiger partial charge on any atom is 0.239 e. The molecule has 120 valence electrons. The molecule has 0 aromatic heterocycles. The van der Waals surface area contributed by atoms with E-state index in [9.17, 15) is 9.59 Å². The summed E-state index contributed by atoms with van der Waals surface area (Å²) in [6.07, 6.45) is 1.33. The summed E-state index contributed by atoms with van der Waals surface area (Å²) >= 11 is 3.46. The third-order valence-electron chi connectivity index (χ3n) is 3.87. The normalized spacial score (nSPS) is 17.9. The molecule has 6 heteroatoms. The highest BCUT2D eigenvalue weighted by Crippen LogP contribution is 2.31. The SMILES string of the molecule is COCCCN(C)C(=O)C1CCN(c2ccccc2Br)C1=O. The second-order valence-corrected chi connectivity index (χ2v) is 6.24. The summed E-state index contributed by atoms with van der Waals surface area (Å²) in [4.78, 5) is 28.3. The molecule has 1 saturated heterocycles. The molecule has 1 fully saturated rings. The Balaban J connectivity index is 2.02. The minimum atomic E-state index is -0.570. The first-order chi connectivity index (χ1) is 10.6. The van der Waals surface area contributed by atoms with Crippen LogP contribution >= 0.6 is 15.9 Å². The van der Waals surface area contributed by atoms with Gasteiger partial charge in [-0.05, 0) is 40.9 Å². The third kappa shape index (κ3) is 3.67. The van der Waals surface area contributed by atoms with Gasteiger partial charge in [0.1, 0.15) is 5.92 Å². The van der Waals surface area contributed by atoms with Crippen molar-refractivity contribution in [2.24, 2.45) is 5.92 Å². The van der Waals surface area contributed by atoms with Crippen LogP contribution in [-0.4, -0.2) is 50.6 Å². The van der Waals surface area contributed by atoms with E-state index < -0.39 is 5.92 Å². The zero-order valence-corrected chi connectivity index (χ0v) is 14.5. The zero-order chi connectivity index (χ0) is 16.1. The third-order valence-corrected chi connectivity index (χ3v) is 4.54. The number of ether oxygens (including phenoxy) is 1. The molecule has 2 amide bonds. The van der Waals surface area contributed by atoms with Crippen LogP contribution in [0.1, 0.15) is 12.8 Å². The minimum Gasteiger partial charge on any atom is -0.385 e. The second-order valence-electron chi connectivity index (χ2n) is 5.39. The predicted molar refractivity (Wildman–Crippen MR) is 88.7 cm³/mol. The van der Waals surface area contributed by atoms with Crippen LogP contribution in [0.4, 0.5) is 5.69 Å².